The average molecular weight is 259 g/mol. The Bertz CT molecular complexity index is 407. The molecule has 1 aliphatic carbocycles. The van der Waals surface area contributed by atoms with Gasteiger partial charge >= 0.3 is 0 Å². The van der Waals surface area contributed by atoms with Crippen molar-refractivity contribution in [2.24, 2.45) is 11.7 Å². The maximum atomic E-state index is 5.87. The number of nitrogens with zero attached hydrogens (tertiary/aromatic N) is 2. The third kappa shape index (κ3) is 2.62. The maximum absolute atomic E-state index is 5.87. The van der Waals surface area contributed by atoms with E-state index in [0.29, 0.717) is 0 Å². The van der Waals surface area contributed by atoms with Gasteiger partial charge in [-0.1, -0.05) is 12.8 Å². The van der Waals surface area contributed by atoms with E-state index in [2.05, 4.69) is 22.0 Å². The molecule has 1 unspecified atom stereocenters. The highest BCUT2D eigenvalue weighted by Gasteiger charge is 2.33. The fourth-order valence-electron chi connectivity index (χ4n) is 3.78. The number of hydrogen-bond acceptors (Lipinski definition) is 3. The molecule has 0 aromatic carbocycles. The van der Waals surface area contributed by atoms with Gasteiger partial charge in [0, 0.05) is 18.6 Å². The van der Waals surface area contributed by atoms with Crippen LogP contribution in [0, 0.1) is 5.92 Å². The number of hydrogen-bond donors (Lipinski definition) is 1. The molecule has 3 rings (SSSR count). The van der Waals surface area contributed by atoms with E-state index in [1.54, 1.807) is 0 Å². The first-order valence-electron chi connectivity index (χ1n) is 7.74. The second-order valence-electron chi connectivity index (χ2n) is 6.18. The predicted octanol–water partition coefficient (Wildman–Crippen LogP) is 3.26. The summed E-state index contributed by atoms with van der Waals surface area (Å²) in [4.78, 5) is 7.11. The van der Waals surface area contributed by atoms with Crippen molar-refractivity contribution in [3.63, 3.8) is 0 Å². The lowest BCUT2D eigenvalue weighted by Crippen LogP contribution is -2.34. The van der Waals surface area contributed by atoms with Crippen molar-refractivity contribution in [3.05, 3.63) is 24.0 Å². The second-order valence-corrected chi connectivity index (χ2v) is 6.18. The van der Waals surface area contributed by atoms with E-state index < -0.39 is 0 Å². The van der Waals surface area contributed by atoms with Crippen molar-refractivity contribution in [1.82, 2.24) is 4.98 Å². The Kier molecular flexibility index (Phi) is 3.74. The van der Waals surface area contributed by atoms with Gasteiger partial charge in [0.15, 0.2) is 0 Å². The zero-order valence-corrected chi connectivity index (χ0v) is 11.9. The lowest BCUT2D eigenvalue weighted by molar-refractivity contribution is 0.430. The number of aromatic nitrogens is 1. The zero-order valence-electron chi connectivity index (χ0n) is 11.9. The van der Waals surface area contributed by atoms with Gasteiger partial charge in [-0.25, -0.2) is 0 Å². The van der Waals surface area contributed by atoms with Gasteiger partial charge in [0.2, 0.25) is 0 Å². The minimum atomic E-state index is 0.0262. The number of nitrogens with two attached hydrogens (primary N) is 1. The molecular formula is C16H25N3. The summed E-state index contributed by atoms with van der Waals surface area (Å²) >= 11 is 0. The molecular weight excluding hydrogens is 234 g/mol. The van der Waals surface area contributed by atoms with E-state index in [-0.39, 0.29) is 6.04 Å². The molecule has 2 atom stereocenters. The molecule has 1 saturated carbocycles. The topological polar surface area (TPSA) is 42.1 Å². The van der Waals surface area contributed by atoms with Crippen molar-refractivity contribution in [2.45, 2.75) is 57.5 Å². The Morgan fingerprint density at radius 2 is 2.00 bits per heavy atom. The van der Waals surface area contributed by atoms with Crippen molar-refractivity contribution in [3.8, 4) is 0 Å². The Hall–Kier alpha value is -1.09. The van der Waals surface area contributed by atoms with Crippen molar-refractivity contribution in [2.75, 3.05) is 11.4 Å². The van der Waals surface area contributed by atoms with Crippen molar-refractivity contribution in [1.29, 1.82) is 0 Å². The van der Waals surface area contributed by atoms with Gasteiger partial charge in [0.05, 0.1) is 17.6 Å². The van der Waals surface area contributed by atoms with Crippen LogP contribution in [0.25, 0.3) is 0 Å². The molecule has 2 N–H and O–H groups in total. The van der Waals surface area contributed by atoms with E-state index in [1.165, 1.54) is 50.8 Å². The Morgan fingerprint density at radius 1 is 1.21 bits per heavy atom. The Balaban J connectivity index is 1.76. The van der Waals surface area contributed by atoms with Crippen LogP contribution in [-0.4, -0.2) is 17.6 Å². The van der Waals surface area contributed by atoms with Gasteiger partial charge < -0.3 is 10.6 Å². The van der Waals surface area contributed by atoms with Crippen LogP contribution in [0.3, 0.4) is 0 Å². The second kappa shape index (κ2) is 5.49. The standard InChI is InChI=1S/C16H25N3/c1-12(17)15-9-8-14(11-18-15)19-10-4-7-16(19)13-5-2-3-6-13/h8-9,11-13,16H,2-7,10,17H2,1H3/t12-,16?/m0/s1. The minimum Gasteiger partial charge on any atom is -0.367 e. The van der Waals surface area contributed by atoms with Gasteiger partial charge in [0.25, 0.3) is 0 Å². The van der Waals surface area contributed by atoms with Crippen LogP contribution in [0.5, 0.6) is 0 Å². The summed E-state index contributed by atoms with van der Waals surface area (Å²) < 4.78 is 0. The van der Waals surface area contributed by atoms with Crippen molar-refractivity contribution >= 4 is 5.69 Å². The minimum absolute atomic E-state index is 0.0262. The molecule has 2 fully saturated rings. The SMILES string of the molecule is C[C@H](N)c1ccc(N2CCCC2C2CCCC2)cn1. The number of pyridine rings is 1. The normalized spacial score (nSPS) is 26.0. The number of rotatable bonds is 3. The molecule has 3 nitrogen and oxygen atoms in total. The number of anilines is 1. The first-order chi connectivity index (χ1) is 9.25. The summed E-state index contributed by atoms with van der Waals surface area (Å²) in [6, 6.07) is 5.08. The Labute approximate surface area is 116 Å². The molecule has 0 amide bonds. The zero-order chi connectivity index (χ0) is 13.2. The molecule has 19 heavy (non-hydrogen) atoms. The molecule has 1 saturated heterocycles. The lowest BCUT2D eigenvalue weighted by atomic mass is 9.96. The summed E-state index contributed by atoms with van der Waals surface area (Å²) in [5.41, 5.74) is 8.14. The van der Waals surface area contributed by atoms with Crippen LogP contribution < -0.4 is 10.6 Å². The molecule has 1 aliphatic heterocycles. The average Bonchev–Trinajstić information content (AvgIpc) is 3.09. The predicted molar refractivity (Wildman–Crippen MR) is 79.2 cm³/mol. The van der Waals surface area contributed by atoms with Crippen LogP contribution in [-0.2, 0) is 0 Å². The third-order valence-electron chi connectivity index (χ3n) is 4.81. The highest BCUT2D eigenvalue weighted by Crippen LogP contribution is 2.37. The fraction of sp³-hybridized carbons (Fsp3) is 0.688. The molecule has 104 valence electrons. The molecule has 1 aromatic heterocycles. The molecule has 0 bridgehead atoms. The summed E-state index contributed by atoms with van der Waals surface area (Å²) in [7, 11) is 0. The molecule has 1 aromatic rings. The smallest absolute Gasteiger partial charge is 0.0569 e. The third-order valence-corrected chi connectivity index (χ3v) is 4.81. The Morgan fingerprint density at radius 3 is 2.63 bits per heavy atom. The van der Waals surface area contributed by atoms with Crippen LogP contribution in [0.15, 0.2) is 18.3 Å². The van der Waals surface area contributed by atoms with Gasteiger partial charge in [-0.3, -0.25) is 4.98 Å². The van der Waals surface area contributed by atoms with E-state index >= 15 is 0 Å². The summed E-state index contributed by atoms with van der Waals surface area (Å²) in [6.45, 7) is 3.18. The molecule has 2 aliphatic rings. The fourth-order valence-corrected chi connectivity index (χ4v) is 3.78. The quantitative estimate of drug-likeness (QED) is 0.906. The first-order valence-corrected chi connectivity index (χ1v) is 7.74. The van der Waals surface area contributed by atoms with Crippen LogP contribution in [0.4, 0.5) is 5.69 Å². The van der Waals surface area contributed by atoms with E-state index in [9.17, 15) is 0 Å². The monoisotopic (exact) mass is 259 g/mol. The summed E-state index contributed by atoms with van der Waals surface area (Å²) in [5, 5.41) is 0. The first kappa shape index (κ1) is 12.9. The van der Waals surface area contributed by atoms with Crippen molar-refractivity contribution < 1.29 is 0 Å². The highest BCUT2D eigenvalue weighted by atomic mass is 15.2. The van der Waals surface area contributed by atoms with E-state index in [0.717, 1.165) is 17.7 Å². The van der Waals surface area contributed by atoms with Gasteiger partial charge in [-0.05, 0) is 50.7 Å². The lowest BCUT2D eigenvalue weighted by Gasteiger charge is -2.31. The van der Waals surface area contributed by atoms with Gasteiger partial charge in [-0.2, -0.15) is 0 Å². The van der Waals surface area contributed by atoms with Crippen LogP contribution >= 0.6 is 0 Å². The molecule has 0 radical (unpaired) electrons. The largest absolute Gasteiger partial charge is 0.367 e. The highest BCUT2D eigenvalue weighted by molar-refractivity contribution is 5.47. The summed E-state index contributed by atoms with van der Waals surface area (Å²) in [5.74, 6) is 0.913. The van der Waals surface area contributed by atoms with Gasteiger partial charge in [0.1, 0.15) is 0 Å². The van der Waals surface area contributed by atoms with E-state index in [1.807, 2.05) is 13.1 Å². The van der Waals surface area contributed by atoms with Crippen LogP contribution in [0.2, 0.25) is 0 Å². The van der Waals surface area contributed by atoms with Crippen LogP contribution in [0.1, 0.15) is 57.2 Å². The maximum Gasteiger partial charge on any atom is 0.0569 e. The molecule has 2 heterocycles. The van der Waals surface area contributed by atoms with E-state index in [4.69, 9.17) is 5.73 Å². The van der Waals surface area contributed by atoms with Gasteiger partial charge in [-0.15, -0.1) is 0 Å². The molecule has 3 heteroatoms. The summed E-state index contributed by atoms with van der Waals surface area (Å²) in [6.07, 6.45) is 10.4. The molecule has 0 spiro atoms.